The Morgan fingerprint density at radius 3 is 2.65 bits per heavy atom. The van der Waals surface area contributed by atoms with Crippen molar-refractivity contribution in [3.8, 4) is 0 Å². The normalized spacial score (nSPS) is 13.8. The van der Waals surface area contributed by atoms with Crippen molar-refractivity contribution in [3.05, 3.63) is 23.3 Å². The molecule has 92 valence electrons. The molecular weight excluding hydrogens is 212 g/mol. The molecule has 0 atom stereocenters. The van der Waals surface area contributed by atoms with Crippen molar-refractivity contribution in [1.29, 1.82) is 0 Å². The molecule has 0 aliphatic carbocycles. The van der Waals surface area contributed by atoms with Gasteiger partial charge in [0.05, 0.1) is 12.2 Å². The zero-order valence-electron chi connectivity index (χ0n) is 10.9. The first-order valence-electron chi connectivity index (χ1n) is 6.15. The van der Waals surface area contributed by atoms with Gasteiger partial charge in [-0.25, -0.2) is 9.97 Å². The number of hydrogen-bond acceptors (Lipinski definition) is 4. The number of aromatic nitrogens is 2. The number of nitrogens with zero attached hydrogens (tertiary/aromatic N) is 2. The molecule has 2 heterocycles. The van der Waals surface area contributed by atoms with Gasteiger partial charge in [-0.3, -0.25) is 0 Å². The highest BCUT2D eigenvalue weighted by Gasteiger charge is 2.16. The van der Waals surface area contributed by atoms with E-state index in [9.17, 15) is 0 Å². The van der Waals surface area contributed by atoms with E-state index < -0.39 is 0 Å². The molecule has 4 nitrogen and oxygen atoms in total. The minimum Gasteiger partial charge on any atom is -0.385 e. The van der Waals surface area contributed by atoms with Crippen LogP contribution in [0.15, 0.2) is 6.20 Å². The Bertz CT molecular complexity index is 435. The Morgan fingerprint density at radius 2 is 2.00 bits per heavy atom. The highest BCUT2D eigenvalue weighted by molar-refractivity contribution is 5.66. The Morgan fingerprint density at radius 1 is 1.24 bits per heavy atom. The smallest absolute Gasteiger partial charge is 0.137 e. The summed E-state index contributed by atoms with van der Waals surface area (Å²) >= 11 is 0. The molecule has 17 heavy (non-hydrogen) atoms. The molecule has 0 radical (unpaired) electrons. The van der Waals surface area contributed by atoms with Crippen molar-refractivity contribution in [1.82, 2.24) is 15.3 Å². The van der Waals surface area contributed by atoms with E-state index in [1.54, 1.807) is 0 Å². The van der Waals surface area contributed by atoms with Crippen molar-refractivity contribution >= 4 is 11.9 Å². The van der Waals surface area contributed by atoms with E-state index in [2.05, 4.69) is 48.3 Å². The van der Waals surface area contributed by atoms with Gasteiger partial charge in [0, 0.05) is 17.5 Å². The van der Waals surface area contributed by atoms with Crippen molar-refractivity contribution in [2.24, 2.45) is 0 Å². The van der Waals surface area contributed by atoms with Crippen LogP contribution >= 0.6 is 0 Å². The summed E-state index contributed by atoms with van der Waals surface area (Å²) in [5.74, 6) is 2.20. The number of anilines is 1. The fourth-order valence-electron chi connectivity index (χ4n) is 1.78. The quantitative estimate of drug-likeness (QED) is 0.840. The van der Waals surface area contributed by atoms with Gasteiger partial charge in [-0.05, 0) is 26.1 Å². The third kappa shape index (κ3) is 2.57. The molecule has 4 heteroatoms. The van der Waals surface area contributed by atoms with Gasteiger partial charge in [0.25, 0.3) is 0 Å². The van der Waals surface area contributed by atoms with Gasteiger partial charge in [-0.1, -0.05) is 13.8 Å². The van der Waals surface area contributed by atoms with Gasteiger partial charge in [0.1, 0.15) is 11.6 Å². The zero-order valence-corrected chi connectivity index (χ0v) is 10.9. The Kier molecular flexibility index (Phi) is 3.31. The van der Waals surface area contributed by atoms with Crippen LogP contribution in [0.25, 0.3) is 6.08 Å². The molecule has 0 amide bonds. The largest absolute Gasteiger partial charge is 0.385 e. The fourth-order valence-corrected chi connectivity index (χ4v) is 1.78. The third-order valence-electron chi connectivity index (χ3n) is 2.62. The highest BCUT2D eigenvalue weighted by atomic mass is 15.1. The van der Waals surface area contributed by atoms with Gasteiger partial charge in [-0.2, -0.15) is 0 Å². The maximum Gasteiger partial charge on any atom is 0.137 e. The van der Waals surface area contributed by atoms with Crippen LogP contribution in [-0.2, 0) is 6.54 Å². The summed E-state index contributed by atoms with van der Waals surface area (Å²) in [4.78, 5) is 9.24. The van der Waals surface area contributed by atoms with E-state index in [-0.39, 0.29) is 0 Å². The standard InChI is InChI=1S/C13H20N4/c1-8(2)12-16-11-7-14-6-5-10(11)13(17-12)15-9(3)4/h5-6,8-9,14H,7H2,1-4H3,(H,15,16,17). The van der Waals surface area contributed by atoms with Crippen LogP contribution in [0.2, 0.25) is 0 Å². The van der Waals surface area contributed by atoms with E-state index in [1.165, 1.54) is 0 Å². The summed E-state index contributed by atoms with van der Waals surface area (Å²) < 4.78 is 0. The molecule has 2 N–H and O–H groups in total. The monoisotopic (exact) mass is 232 g/mol. The van der Waals surface area contributed by atoms with Crippen molar-refractivity contribution in [3.63, 3.8) is 0 Å². The molecule has 0 bridgehead atoms. The zero-order chi connectivity index (χ0) is 12.4. The lowest BCUT2D eigenvalue weighted by atomic mass is 10.1. The summed E-state index contributed by atoms with van der Waals surface area (Å²) in [6, 6.07) is 0.372. The van der Waals surface area contributed by atoms with Crippen LogP contribution in [0.4, 0.5) is 5.82 Å². The predicted molar refractivity (Wildman–Crippen MR) is 70.8 cm³/mol. The third-order valence-corrected chi connectivity index (χ3v) is 2.62. The Labute approximate surface area is 103 Å². The van der Waals surface area contributed by atoms with Crippen LogP contribution < -0.4 is 10.6 Å². The van der Waals surface area contributed by atoms with Crippen molar-refractivity contribution in [2.75, 3.05) is 5.32 Å². The second-order valence-electron chi connectivity index (χ2n) is 4.96. The lowest BCUT2D eigenvalue weighted by Crippen LogP contribution is -2.20. The predicted octanol–water partition coefficient (Wildman–Crippen LogP) is 2.49. The molecule has 0 aromatic carbocycles. The maximum absolute atomic E-state index is 4.62. The molecule has 2 rings (SSSR count). The molecule has 0 fully saturated rings. The average molecular weight is 232 g/mol. The molecule has 1 aromatic heterocycles. The lowest BCUT2D eigenvalue weighted by molar-refractivity contribution is 0.729. The van der Waals surface area contributed by atoms with Gasteiger partial charge in [0.2, 0.25) is 0 Å². The SMILES string of the molecule is CC(C)Nc1nc(C(C)C)nc2c1C=CNC2. The molecule has 1 aliphatic rings. The molecular formula is C13H20N4. The van der Waals surface area contributed by atoms with Crippen LogP contribution in [0.1, 0.15) is 50.7 Å². The molecule has 1 aliphatic heterocycles. The number of fused-ring (bicyclic) bond motifs is 1. The molecule has 0 unspecified atom stereocenters. The summed E-state index contributed by atoms with van der Waals surface area (Å²) in [6.07, 6.45) is 3.99. The van der Waals surface area contributed by atoms with Crippen LogP contribution in [0.3, 0.4) is 0 Å². The second kappa shape index (κ2) is 4.73. The molecule has 0 saturated carbocycles. The van der Waals surface area contributed by atoms with Gasteiger partial charge in [0.15, 0.2) is 0 Å². The van der Waals surface area contributed by atoms with E-state index in [0.29, 0.717) is 12.0 Å². The summed E-state index contributed by atoms with van der Waals surface area (Å²) in [6.45, 7) is 9.25. The number of nitrogens with one attached hydrogen (secondary N) is 2. The maximum atomic E-state index is 4.62. The topological polar surface area (TPSA) is 49.8 Å². The summed E-state index contributed by atoms with van der Waals surface area (Å²) in [7, 11) is 0. The van der Waals surface area contributed by atoms with E-state index >= 15 is 0 Å². The van der Waals surface area contributed by atoms with Crippen molar-refractivity contribution < 1.29 is 0 Å². The van der Waals surface area contributed by atoms with Gasteiger partial charge < -0.3 is 10.6 Å². The summed E-state index contributed by atoms with van der Waals surface area (Å²) in [5.41, 5.74) is 2.19. The van der Waals surface area contributed by atoms with E-state index in [4.69, 9.17) is 0 Å². The second-order valence-corrected chi connectivity index (χ2v) is 4.96. The lowest BCUT2D eigenvalue weighted by Gasteiger charge is -2.19. The first-order chi connectivity index (χ1) is 8.08. The first kappa shape index (κ1) is 11.9. The number of rotatable bonds is 3. The molecule has 0 spiro atoms. The average Bonchev–Trinajstić information content (AvgIpc) is 2.28. The van der Waals surface area contributed by atoms with Crippen molar-refractivity contribution in [2.45, 2.75) is 46.2 Å². The fraction of sp³-hybridized carbons (Fsp3) is 0.538. The van der Waals surface area contributed by atoms with Crippen LogP contribution in [-0.4, -0.2) is 16.0 Å². The van der Waals surface area contributed by atoms with Gasteiger partial charge >= 0.3 is 0 Å². The Balaban J connectivity index is 2.47. The Hall–Kier alpha value is -1.58. The van der Waals surface area contributed by atoms with Gasteiger partial charge in [-0.15, -0.1) is 0 Å². The molecule has 1 aromatic rings. The van der Waals surface area contributed by atoms with Crippen LogP contribution in [0.5, 0.6) is 0 Å². The summed E-state index contributed by atoms with van der Waals surface area (Å²) in [5, 5.41) is 6.59. The molecule has 0 saturated heterocycles. The van der Waals surface area contributed by atoms with E-state index in [1.807, 2.05) is 12.3 Å². The minimum atomic E-state index is 0.346. The highest BCUT2D eigenvalue weighted by Crippen LogP contribution is 2.24. The first-order valence-corrected chi connectivity index (χ1v) is 6.15. The van der Waals surface area contributed by atoms with Crippen LogP contribution in [0, 0.1) is 0 Å². The minimum absolute atomic E-state index is 0.346. The van der Waals surface area contributed by atoms with E-state index in [0.717, 1.165) is 29.4 Å². The number of hydrogen-bond donors (Lipinski definition) is 2.